The lowest BCUT2D eigenvalue weighted by molar-refractivity contribution is -0.308. The topological polar surface area (TPSA) is 73.3 Å². The van der Waals surface area contributed by atoms with Crippen LogP contribution < -0.4 is 4.90 Å². The predicted molar refractivity (Wildman–Crippen MR) is 122 cm³/mol. The monoisotopic (exact) mass is 593 g/mol. The number of amides is 1. The van der Waals surface area contributed by atoms with E-state index in [0.29, 0.717) is 11.3 Å². The number of hydrogen-bond acceptors (Lipinski definition) is 5. The molecule has 0 saturated carbocycles. The van der Waals surface area contributed by atoms with E-state index >= 15 is 0 Å². The molecule has 1 amide bonds. The molecule has 0 aliphatic carbocycles. The van der Waals surface area contributed by atoms with E-state index in [1.54, 1.807) is 16.7 Å². The summed E-state index contributed by atoms with van der Waals surface area (Å²) in [6.07, 6.45) is -21.6. The van der Waals surface area contributed by atoms with Crippen molar-refractivity contribution in [2.24, 2.45) is 5.41 Å². The Labute approximate surface area is 223 Å². The van der Waals surface area contributed by atoms with Crippen molar-refractivity contribution in [2.75, 3.05) is 44.2 Å². The van der Waals surface area contributed by atoms with Gasteiger partial charge in [-0.15, -0.1) is 0 Å². The van der Waals surface area contributed by atoms with Crippen LogP contribution in [0.3, 0.4) is 0 Å². The fraction of sp³-hybridized carbons (Fsp3) is 0.667. The molecule has 0 radical (unpaired) electrons. The molecule has 0 bridgehead atoms. The Morgan fingerprint density at radius 1 is 0.900 bits per heavy atom. The number of ether oxygens (including phenoxy) is 1. The van der Waals surface area contributed by atoms with Crippen LogP contribution in [0.25, 0.3) is 0 Å². The lowest BCUT2D eigenvalue weighted by Crippen LogP contribution is -2.52. The maximum Gasteiger partial charge on any atom is 0.434 e. The average molecular weight is 593 g/mol. The summed E-state index contributed by atoms with van der Waals surface area (Å²) in [5.74, 6) is -0.949. The van der Waals surface area contributed by atoms with Crippen molar-refractivity contribution in [3.63, 3.8) is 0 Å². The number of rotatable bonds is 6. The van der Waals surface area contributed by atoms with Gasteiger partial charge in [-0.05, 0) is 43.0 Å². The summed E-state index contributed by atoms with van der Waals surface area (Å²) in [6.45, 7) is 1.51. The Hall–Kier alpha value is -2.91. The molecule has 0 spiro atoms. The van der Waals surface area contributed by atoms with Crippen LogP contribution in [0.5, 0.6) is 0 Å². The van der Waals surface area contributed by atoms with Crippen molar-refractivity contribution >= 4 is 17.7 Å². The number of carboxylic acids is 1. The number of hydrogen-bond donors (Lipinski definition) is 1. The van der Waals surface area contributed by atoms with Gasteiger partial charge in [0.25, 0.3) is 6.10 Å². The van der Waals surface area contributed by atoms with Crippen LogP contribution in [0, 0.1) is 5.41 Å². The Bertz CT molecular complexity index is 1050. The van der Waals surface area contributed by atoms with Crippen LogP contribution in [0.1, 0.15) is 37.3 Å². The van der Waals surface area contributed by atoms with Gasteiger partial charge < -0.3 is 19.6 Å². The minimum Gasteiger partial charge on any atom is -0.481 e. The average Bonchev–Trinajstić information content (AvgIpc) is 2.85. The molecule has 2 saturated heterocycles. The fourth-order valence-corrected chi connectivity index (χ4v) is 4.86. The molecule has 0 aromatic heterocycles. The number of aliphatic carboxylic acids is 1. The molecule has 226 valence electrons. The van der Waals surface area contributed by atoms with E-state index in [-0.39, 0.29) is 69.9 Å². The van der Waals surface area contributed by atoms with Crippen LogP contribution in [0.15, 0.2) is 18.2 Å². The number of piperidine rings is 1. The summed E-state index contributed by atoms with van der Waals surface area (Å²) in [6, 6.07) is 3.46. The lowest BCUT2D eigenvalue weighted by Gasteiger charge is -2.40. The highest BCUT2D eigenvalue weighted by atomic mass is 19.4. The molecule has 2 aliphatic rings. The van der Waals surface area contributed by atoms with Crippen molar-refractivity contribution in [1.82, 2.24) is 9.80 Å². The molecule has 0 unspecified atom stereocenters. The number of alkyl halides is 9. The molecule has 1 aromatic rings. The van der Waals surface area contributed by atoms with E-state index in [2.05, 4.69) is 4.74 Å². The SMILES string of the molecule is CCC1(C(=O)O)CCN(c2cc(CN3CCN(C(=O)OC(C(F)(F)F)C(F)(F)F)CC3)cc(C(F)(F)F)c2)CC1. The maximum absolute atomic E-state index is 13.7. The highest BCUT2D eigenvalue weighted by Crippen LogP contribution is 2.39. The number of carbonyl (C=O) groups excluding carboxylic acids is 1. The van der Waals surface area contributed by atoms with E-state index in [0.717, 1.165) is 12.1 Å². The van der Waals surface area contributed by atoms with Gasteiger partial charge in [0.1, 0.15) is 0 Å². The first-order valence-corrected chi connectivity index (χ1v) is 12.4. The summed E-state index contributed by atoms with van der Waals surface area (Å²) in [5.41, 5.74) is -1.35. The van der Waals surface area contributed by atoms with E-state index in [4.69, 9.17) is 0 Å². The zero-order chi connectivity index (χ0) is 30.1. The molecule has 3 rings (SSSR count). The Morgan fingerprint density at radius 2 is 1.45 bits per heavy atom. The van der Waals surface area contributed by atoms with Gasteiger partial charge in [0.2, 0.25) is 0 Å². The van der Waals surface area contributed by atoms with Gasteiger partial charge in [0, 0.05) is 51.5 Å². The summed E-state index contributed by atoms with van der Waals surface area (Å²) >= 11 is 0. The smallest absolute Gasteiger partial charge is 0.434 e. The quantitative estimate of drug-likeness (QED) is 0.438. The van der Waals surface area contributed by atoms with Gasteiger partial charge in [-0.2, -0.15) is 39.5 Å². The van der Waals surface area contributed by atoms with Crippen molar-refractivity contribution in [3.8, 4) is 0 Å². The second-order valence-corrected chi connectivity index (χ2v) is 9.92. The van der Waals surface area contributed by atoms with Gasteiger partial charge in [0.15, 0.2) is 0 Å². The summed E-state index contributed by atoms with van der Waals surface area (Å²) in [7, 11) is 0. The number of nitrogens with zero attached hydrogens (tertiary/aromatic N) is 3. The van der Waals surface area contributed by atoms with E-state index < -0.39 is 47.7 Å². The van der Waals surface area contributed by atoms with Crippen LogP contribution in [-0.2, 0) is 22.3 Å². The number of carbonyl (C=O) groups is 2. The van der Waals surface area contributed by atoms with Crippen LogP contribution in [0.2, 0.25) is 0 Å². The number of halogens is 9. The number of piperazine rings is 1. The first-order chi connectivity index (χ1) is 18.4. The third-order valence-electron chi connectivity index (χ3n) is 7.37. The van der Waals surface area contributed by atoms with Crippen LogP contribution in [-0.4, -0.2) is 84.7 Å². The molecule has 40 heavy (non-hydrogen) atoms. The van der Waals surface area contributed by atoms with E-state index in [1.165, 1.54) is 6.07 Å². The molecule has 2 aliphatic heterocycles. The lowest BCUT2D eigenvalue weighted by atomic mass is 9.76. The molecule has 16 heteroatoms. The number of carboxylic acid groups (broad SMARTS) is 1. The van der Waals surface area contributed by atoms with Gasteiger partial charge >= 0.3 is 30.6 Å². The Morgan fingerprint density at radius 3 is 1.90 bits per heavy atom. The number of anilines is 1. The van der Waals surface area contributed by atoms with Gasteiger partial charge in [-0.25, -0.2) is 4.79 Å². The summed E-state index contributed by atoms with van der Waals surface area (Å²) < 4.78 is 121. The van der Waals surface area contributed by atoms with E-state index in [9.17, 15) is 54.2 Å². The molecular formula is C24H28F9N3O4. The van der Waals surface area contributed by atoms with Gasteiger partial charge in [-0.3, -0.25) is 9.69 Å². The van der Waals surface area contributed by atoms with Crippen LogP contribution in [0.4, 0.5) is 50.0 Å². The predicted octanol–water partition coefficient (Wildman–Crippen LogP) is 5.53. The zero-order valence-electron chi connectivity index (χ0n) is 21.3. The Balaban J connectivity index is 1.68. The summed E-state index contributed by atoms with van der Waals surface area (Å²) in [5, 5.41) is 9.58. The molecule has 1 N–H and O–H groups in total. The minimum absolute atomic E-state index is 0.0323. The van der Waals surface area contributed by atoms with Gasteiger partial charge in [-0.1, -0.05) is 6.92 Å². The molecule has 1 aromatic carbocycles. The van der Waals surface area contributed by atoms with Crippen molar-refractivity contribution in [2.45, 2.75) is 57.4 Å². The molecule has 2 fully saturated rings. The van der Waals surface area contributed by atoms with E-state index in [1.807, 2.05) is 0 Å². The first-order valence-electron chi connectivity index (χ1n) is 12.4. The molecular weight excluding hydrogens is 565 g/mol. The highest BCUT2D eigenvalue weighted by Gasteiger charge is 2.60. The second kappa shape index (κ2) is 11.5. The largest absolute Gasteiger partial charge is 0.481 e. The fourth-order valence-electron chi connectivity index (χ4n) is 4.86. The molecule has 0 atom stereocenters. The number of benzene rings is 1. The second-order valence-electron chi connectivity index (χ2n) is 9.92. The maximum atomic E-state index is 13.7. The van der Waals surface area contributed by atoms with Crippen LogP contribution >= 0.6 is 0 Å². The molecule has 2 heterocycles. The minimum atomic E-state index is -5.85. The third kappa shape index (κ3) is 7.43. The Kier molecular flexibility index (Phi) is 9.11. The molecule has 7 nitrogen and oxygen atoms in total. The van der Waals surface area contributed by atoms with Crippen molar-refractivity contribution in [3.05, 3.63) is 29.3 Å². The zero-order valence-corrected chi connectivity index (χ0v) is 21.3. The normalized spacial score (nSPS) is 19.2. The highest BCUT2D eigenvalue weighted by molar-refractivity contribution is 5.75. The van der Waals surface area contributed by atoms with Crippen molar-refractivity contribution < 1.29 is 58.9 Å². The standard InChI is InChI=1S/C24H28F9N3O4/c1-2-21(19(37)38)3-5-35(6-4-21)17-12-15(11-16(13-17)22(25,26)27)14-34-7-9-36(10-8-34)20(39)40-18(23(28,29)30)24(31,32)33/h11-13,18H,2-10,14H2,1H3,(H,37,38). The van der Waals surface area contributed by atoms with Crippen molar-refractivity contribution in [1.29, 1.82) is 0 Å². The third-order valence-corrected chi connectivity index (χ3v) is 7.37. The first kappa shape index (κ1) is 31.6. The van der Waals surface area contributed by atoms with Gasteiger partial charge in [0.05, 0.1) is 11.0 Å². The summed E-state index contributed by atoms with van der Waals surface area (Å²) in [4.78, 5) is 27.6.